The van der Waals surface area contributed by atoms with E-state index in [0.29, 0.717) is 10.8 Å². The van der Waals surface area contributed by atoms with Crippen molar-refractivity contribution < 1.29 is 0 Å². The van der Waals surface area contributed by atoms with Gasteiger partial charge in [0.1, 0.15) is 0 Å². The molecular weight excluding hydrogens is 180 g/mol. The third-order valence-electron chi connectivity index (χ3n) is 5.66. The van der Waals surface area contributed by atoms with Crippen LogP contribution in [0.15, 0.2) is 12.2 Å². The van der Waals surface area contributed by atoms with Crippen LogP contribution >= 0.6 is 0 Å². The SMILES string of the molecule is C=C1CC[C@@H]2[C@@H]1CC(C)(C)C[C@H]1C[C@]12C. The summed E-state index contributed by atoms with van der Waals surface area (Å²) in [5, 5.41) is 0. The van der Waals surface area contributed by atoms with Crippen LogP contribution in [0.2, 0.25) is 0 Å². The van der Waals surface area contributed by atoms with Crippen LogP contribution in [0.1, 0.15) is 52.9 Å². The second-order valence-corrected chi connectivity index (χ2v) is 7.39. The van der Waals surface area contributed by atoms with Crippen molar-refractivity contribution in [3.8, 4) is 0 Å². The van der Waals surface area contributed by atoms with E-state index in [1.807, 2.05) is 0 Å². The molecule has 0 N–H and O–H groups in total. The van der Waals surface area contributed by atoms with Crippen LogP contribution in [-0.2, 0) is 0 Å². The van der Waals surface area contributed by atoms with Gasteiger partial charge in [0.05, 0.1) is 0 Å². The van der Waals surface area contributed by atoms with Crippen molar-refractivity contribution in [3.63, 3.8) is 0 Å². The highest BCUT2D eigenvalue weighted by atomic mass is 14.7. The topological polar surface area (TPSA) is 0 Å². The average molecular weight is 204 g/mol. The Balaban J connectivity index is 1.95. The van der Waals surface area contributed by atoms with Crippen LogP contribution in [0.3, 0.4) is 0 Å². The smallest absolute Gasteiger partial charge is 0.0167 e. The van der Waals surface area contributed by atoms with Crippen LogP contribution in [0.25, 0.3) is 0 Å². The van der Waals surface area contributed by atoms with Gasteiger partial charge in [-0.25, -0.2) is 0 Å². The molecule has 3 rings (SSSR count). The zero-order chi connectivity index (χ0) is 10.8. The van der Waals surface area contributed by atoms with Crippen LogP contribution in [0.5, 0.6) is 0 Å². The summed E-state index contributed by atoms with van der Waals surface area (Å²) in [5.41, 5.74) is 2.84. The van der Waals surface area contributed by atoms with E-state index in [9.17, 15) is 0 Å². The molecule has 0 saturated heterocycles. The molecule has 0 bridgehead atoms. The summed E-state index contributed by atoms with van der Waals surface area (Å²) in [5.74, 6) is 2.88. The van der Waals surface area contributed by atoms with E-state index < -0.39 is 0 Å². The number of fused-ring (bicyclic) bond motifs is 3. The van der Waals surface area contributed by atoms with Gasteiger partial charge in [0.15, 0.2) is 0 Å². The summed E-state index contributed by atoms with van der Waals surface area (Å²) in [7, 11) is 0. The first-order valence-electron chi connectivity index (χ1n) is 6.60. The van der Waals surface area contributed by atoms with Crippen molar-refractivity contribution in [3.05, 3.63) is 12.2 Å². The van der Waals surface area contributed by atoms with Crippen LogP contribution in [-0.4, -0.2) is 0 Å². The lowest BCUT2D eigenvalue weighted by Gasteiger charge is -2.29. The maximum absolute atomic E-state index is 4.33. The number of hydrogen-bond donors (Lipinski definition) is 0. The van der Waals surface area contributed by atoms with E-state index >= 15 is 0 Å². The fraction of sp³-hybridized carbons (Fsp3) is 0.867. The van der Waals surface area contributed by atoms with Gasteiger partial charge in [-0.2, -0.15) is 0 Å². The molecule has 0 aromatic carbocycles. The highest BCUT2D eigenvalue weighted by Gasteiger charge is 2.61. The van der Waals surface area contributed by atoms with Gasteiger partial charge in [-0.1, -0.05) is 32.9 Å². The van der Waals surface area contributed by atoms with Crippen LogP contribution in [0.4, 0.5) is 0 Å². The first-order valence-corrected chi connectivity index (χ1v) is 6.60. The van der Waals surface area contributed by atoms with Crippen molar-refractivity contribution >= 4 is 0 Å². The fourth-order valence-electron chi connectivity index (χ4n) is 4.67. The molecule has 0 aliphatic heterocycles. The normalized spacial score (nSPS) is 51.9. The van der Waals surface area contributed by atoms with E-state index in [1.54, 1.807) is 5.57 Å². The largest absolute Gasteiger partial charge is 0.0996 e. The molecule has 15 heavy (non-hydrogen) atoms. The minimum absolute atomic E-state index is 0.565. The lowest BCUT2D eigenvalue weighted by molar-refractivity contribution is 0.232. The third kappa shape index (κ3) is 1.33. The summed E-state index contributed by atoms with van der Waals surface area (Å²) >= 11 is 0. The van der Waals surface area contributed by atoms with Crippen molar-refractivity contribution in [2.75, 3.05) is 0 Å². The molecular formula is C15H24. The molecule has 0 heterocycles. The van der Waals surface area contributed by atoms with Crippen molar-refractivity contribution in [1.29, 1.82) is 0 Å². The Hall–Kier alpha value is -0.260. The van der Waals surface area contributed by atoms with Gasteiger partial charge < -0.3 is 0 Å². The molecule has 4 atom stereocenters. The summed E-state index contributed by atoms with van der Waals surface area (Å²) in [4.78, 5) is 0. The van der Waals surface area contributed by atoms with Crippen molar-refractivity contribution in [2.45, 2.75) is 52.9 Å². The molecule has 0 heteroatoms. The second kappa shape index (κ2) is 2.70. The Bertz CT molecular complexity index is 312. The molecule has 0 aromatic heterocycles. The van der Waals surface area contributed by atoms with Gasteiger partial charge in [0, 0.05) is 0 Å². The van der Waals surface area contributed by atoms with E-state index in [2.05, 4.69) is 27.4 Å². The average Bonchev–Trinajstić information content (AvgIpc) is 2.59. The van der Waals surface area contributed by atoms with Crippen molar-refractivity contribution in [2.24, 2.45) is 28.6 Å². The minimum atomic E-state index is 0.565. The van der Waals surface area contributed by atoms with Crippen molar-refractivity contribution in [1.82, 2.24) is 0 Å². The molecule has 0 unspecified atom stereocenters. The molecule has 0 nitrogen and oxygen atoms in total. The Kier molecular flexibility index (Phi) is 1.79. The Morgan fingerprint density at radius 3 is 2.60 bits per heavy atom. The minimum Gasteiger partial charge on any atom is -0.0996 e. The summed E-state index contributed by atoms with van der Waals surface area (Å²) in [6, 6.07) is 0. The fourth-order valence-corrected chi connectivity index (χ4v) is 4.67. The molecule has 0 amide bonds. The van der Waals surface area contributed by atoms with E-state index in [-0.39, 0.29) is 0 Å². The Labute approximate surface area is 94.1 Å². The molecule has 3 aliphatic carbocycles. The van der Waals surface area contributed by atoms with E-state index in [1.165, 1.54) is 32.1 Å². The van der Waals surface area contributed by atoms with Crippen LogP contribution in [0, 0.1) is 28.6 Å². The molecule has 3 fully saturated rings. The van der Waals surface area contributed by atoms with E-state index in [4.69, 9.17) is 0 Å². The zero-order valence-corrected chi connectivity index (χ0v) is 10.5. The first kappa shape index (κ1) is 9.93. The number of allylic oxidation sites excluding steroid dienone is 1. The highest BCUT2D eigenvalue weighted by molar-refractivity contribution is 5.20. The quantitative estimate of drug-likeness (QED) is 0.513. The highest BCUT2D eigenvalue weighted by Crippen LogP contribution is 2.70. The molecule has 3 saturated carbocycles. The van der Waals surface area contributed by atoms with Crippen LogP contribution < -0.4 is 0 Å². The van der Waals surface area contributed by atoms with Gasteiger partial charge in [-0.15, -0.1) is 0 Å². The molecule has 0 radical (unpaired) electrons. The Morgan fingerprint density at radius 1 is 1.13 bits per heavy atom. The van der Waals surface area contributed by atoms with Gasteiger partial charge in [0.25, 0.3) is 0 Å². The molecule has 0 aromatic rings. The number of hydrogen-bond acceptors (Lipinski definition) is 0. The van der Waals surface area contributed by atoms with Gasteiger partial charge >= 0.3 is 0 Å². The lowest BCUT2D eigenvalue weighted by Crippen LogP contribution is -2.21. The maximum atomic E-state index is 4.33. The summed E-state index contributed by atoms with van der Waals surface area (Å²) in [6.45, 7) is 11.8. The number of rotatable bonds is 0. The third-order valence-corrected chi connectivity index (χ3v) is 5.66. The zero-order valence-electron chi connectivity index (χ0n) is 10.5. The maximum Gasteiger partial charge on any atom is -0.0167 e. The molecule has 3 aliphatic rings. The molecule has 84 valence electrons. The van der Waals surface area contributed by atoms with Gasteiger partial charge in [-0.05, 0) is 60.7 Å². The Morgan fingerprint density at radius 2 is 1.87 bits per heavy atom. The first-order chi connectivity index (χ1) is 6.92. The lowest BCUT2D eigenvalue weighted by atomic mass is 9.75. The monoisotopic (exact) mass is 204 g/mol. The van der Waals surface area contributed by atoms with Gasteiger partial charge in [0.2, 0.25) is 0 Å². The standard InChI is InChI=1S/C15H24/c1-10-5-6-13-12(10)9-14(2,3)7-11-8-15(11,13)4/h11-13H,1,5-9H2,2-4H3/t11-,12+,13+,15+/m0/s1. The second-order valence-electron chi connectivity index (χ2n) is 7.39. The predicted molar refractivity (Wildman–Crippen MR) is 64.6 cm³/mol. The predicted octanol–water partition coefficient (Wildman–Crippen LogP) is 4.42. The molecule has 0 spiro atoms. The van der Waals surface area contributed by atoms with E-state index in [0.717, 1.165) is 17.8 Å². The van der Waals surface area contributed by atoms with Gasteiger partial charge in [-0.3, -0.25) is 0 Å². The summed E-state index contributed by atoms with van der Waals surface area (Å²) in [6.07, 6.45) is 7.12. The summed E-state index contributed by atoms with van der Waals surface area (Å²) < 4.78 is 0.